The number of thiazole rings is 1. The van der Waals surface area contributed by atoms with Crippen molar-refractivity contribution in [1.82, 2.24) is 4.98 Å². The molecule has 0 aromatic carbocycles. The first-order chi connectivity index (χ1) is 9.11. The largest absolute Gasteiger partial charge is 0.465 e. The van der Waals surface area contributed by atoms with Gasteiger partial charge in [-0.25, -0.2) is 9.78 Å². The Morgan fingerprint density at radius 1 is 1.58 bits per heavy atom. The highest BCUT2D eigenvalue weighted by molar-refractivity contribution is 7.18. The van der Waals surface area contributed by atoms with E-state index >= 15 is 0 Å². The Morgan fingerprint density at radius 2 is 2.26 bits per heavy atom. The summed E-state index contributed by atoms with van der Waals surface area (Å²) in [7, 11) is 1.33. The topological polar surface area (TPSA) is 60.5 Å². The summed E-state index contributed by atoms with van der Waals surface area (Å²) in [4.78, 5) is 15.9. The van der Waals surface area contributed by atoms with Gasteiger partial charge in [-0.3, -0.25) is 0 Å². The van der Waals surface area contributed by atoms with Gasteiger partial charge < -0.3 is 14.8 Å². The Hall–Kier alpha value is -0.850. The lowest BCUT2D eigenvalue weighted by molar-refractivity contribution is 0.0606. The number of nitrogens with zero attached hydrogens (tertiary/aromatic N) is 1. The Labute approximate surface area is 121 Å². The lowest BCUT2D eigenvalue weighted by Gasteiger charge is -2.28. The van der Waals surface area contributed by atoms with Crippen LogP contribution in [0.4, 0.5) is 5.13 Å². The van der Waals surface area contributed by atoms with Crippen molar-refractivity contribution >= 4 is 34.0 Å². The van der Waals surface area contributed by atoms with Crippen molar-refractivity contribution in [1.29, 1.82) is 0 Å². The van der Waals surface area contributed by atoms with Gasteiger partial charge in [0.1, 0.15) is 0 Å². The quantitative estimate of drug-likeness (QED) is 0.867. The minimum absolute atomic E-state index is 0.193. The monoisotopic (exact) mass is 304 g/mol. The molecule has 1 aliphatic rings. The average molecular weight is 305 g/mol. The summed E-state index contributed by atoms with van der Waals surface area (Å²) in [5.74, 6) is 0.104. The zero-order chi connectivity index (χ0) is 13.8. The van der Waals surface area contributed by atoms with Gasteiger partial charge >= 0.3 is 5.97 Å². The Kier molecular flexibility index (Phi) is 5.01. The van der Waals surface area contributed by atoms with Crippen LogP contribution in [0, 0.1) is 5.92 Å². The molecular weight excluding hydrogens is 288 g/mol. The van der Waals surface area contributed by atoms with Gasteiger partial charge in [0.25, 0.3) is 0 Å². The van der Waals surface area contributed by atoms with Gasteiger partial charge in [0.15, 0.2) is 15.2 Å². The molecule has 1 aromatic heterocycles. The lowest BCUT2D eigenvalue weighted by atomic mass is 9.93. The highest BCUT2D eigenvalue weighted by Crippen LogP contribution is 2.29. The first-order valence-electron chi connectivity index (χ1n) is 6.20. The number of rotatable bonds is 4. The van der Waals surface area contributed by atoms with Crippen molar-refractivity contribution in [2.45, 2.75) is 25.8 Å². The van der Waals surface area contributed by atoms with Crippen LogP contribution in [-0.4, -0.2) is 37.3 Å². The Balaban J connectivity index is 2.00. The van der Waals surface area contributed by atoms with E-state index in [0.29, 0.717) is 15.9 Å². The lowest BCUT2D eigenvalue weighted by Crippen LogP contribution is -2.30. The molecule has 0 aliphatic carbocycles. The summed E-state index contributed by atoms with van der Waals surface area (Å²) < 4.78 is 10.0. The summed E-state index contributed by atoms with van der Waals surface area (Å²) in [5, 5.41) is 4.16. The summed E-state index contributed by atoms with van der Waals surface area (Å²) in [6.45, 7) is 3.73. The molecule has 0 bridgehead atoms. The van der Waals surface area contributed by atoms with E-state index in [4.69, 9.17) is 16.3 Å². The Morgan fingerprint density at radius 3 is 2.89 bits per heavy atom. The molecule has 2 heterocycles. The van der Waals surface area contributed by atoms with Crippen LogP contribution in [0.5, 0.6) is 0 Å². The molecule has 1 unspecified atom stereocenters. The van der Waals surface area contributed by atoms with Crippen LogP contribution in [0.25, 0.3) is 0 Å². The molecule has 1 atom stereocenters. The van der Waals surface area contributed by atoms with Gasteiger partial charge in [-0.15, -0.1) is 0 Å². The molecule has 19 heavy (non-hydrogen) atoms. The van der Waals surface area contributed by atoms with Crippen molar-refractivity contribution in [3.05, 3.63) is 10.0 Å². The number of hydrogen-bond donors (Lipinski definition) is 1. The number of hydrogen-bond acceptors (Lipinski definition) is 6. The van der Waals surface area contributed by atoms with Crippen LogP contribution in [0.2, 0.25) is 5.15 Å². The Bertz CT molecular complexity index is 446. The van der Waals surface area contributed by atoms with Crippen molar-refractivity contribution < 1.29 is 14.3 Å². The number of aromatic nitrogens is 1. The summed E-state index contributed by atoms with van der Waals surface area (Å²) in [6.07, 6.45) is 2.08. The van der Waals surface area contributed by atoms with Crippen LogP contribution in [0.3, 0.4) is 0 Å². The maximum absolute atomic E-state index is 11.5. The SMILES string of the molecule is COC(=O)c1sc(NC(C)C2CCOCC2)nc1Cl. The molecular formula is C12H17ClN2O3S. The molecule has 1 N–H and O–H groups in total. The predicted molar refractivity (Wildman–Crippen MR) is 75.1 cm³/mol. The second-order valence-corrected chi connectivity index (χ2v) is 5.87. The van der Waals surface area contributed by atoms with Gasteiger partial charge in [0.05, 0.1) is 7.11 Å². The molecule has 1 fully saturated rings. The number of carbonyl (C=O) groups is 1. The number of esters is 1. The molecule has 106 valence electrons. The first-order valence-corrected chi connectivity index (χ1v) is 7.40. The van der Waals surface area contributed by atoms with Crippen molar-refractivity contribution in [2.75, 3.05) is 25.6 Å². The van der Waals surface area contributed by atoms with Crippen molar-refractivity contribution in [3.63, 3.8) is 0 Å². The van der Waals surface area contributed by atoms with E-state index in [0.717, 1.165) is 26.1 Å². The summed E-state index contributed by atoms with van der Waals surface area (Å²) >= 11 is 7.15. The number of halogens is 1. The second kappa shape index (κ2) is 6.54. The van der Waals surface area contributed by atoms with Gasteiger partial charge in [-0.2, -0.15) is 0 Å². The van der Waals surface area contributed by atoms with Gasteiger partial charge in [-0.1, -0.05) is 22.9 Å². The molecule has 1 saturated heterocycles. The molecule has 0 amide bonds. The highest BCUT2D eigenvalue weighted by Gasteiger charge is 2.23. The fraction of sp³-hybridized carbons (Fsp3) is 0.667. The molecule has 5 nitrogen and oxygen atoms in total. The third-order valence-electron chi connectivity index (χ3n) is 3.28. The predicted octanol–water partition coefficient (Wildman–Crippen LogP) is 2.81. The maximum Gasteiger partial charge on any atom is 0.351 e. The van der Waals surface area contributed by atoms with Crippen LogP contribution >= 0.6 is 22.9 Å². The normalized spacial score (nSPS) is 18.1. The number of ether oxygens (including phenoxy) is 2. The molecule has 0 radical (unpaired) electrons. The van der Waals surface area contributed by atoms with E-state index in [-0.39, 0.29) is 11.2 Å². The molecule has 2 rings (SSSR count). The number of carbonyl (C=O) groups excluding carboxylic acids is 1. The van der Waals surface area contributed by atoms with E-state index in [1.165, 1.54) is 18.4 Å². The van der Waals surface area contributed by atoms with Crippen LogP contribution in [-0.2, 0) is 9.47 Å². The zero-order valence-corrected chi connectivity index (χ0v) is 12.5. The smallest absolute Gasteiger partial charge is 0.351 e. The fourth-order valence-corrected chi connectivity index (χ4v) is 3.31. The minimum Gasteiger partial charge on any atom is -0.465 e. The maximum atomic E-state index is 11.5. The van der Waals surface area contributed by atoms with Crippen LogP contribution in [0.15, 0.2) is 0 Å². The first kappa shape index (κ1) is 14.6. The van der Waals surface area contributed by atoms with Gasteiger partial charge in [0, 0.05) is 19.3 Å². The van der Waals surface area contributed by atoms with Crippen LogP contribution < -0.4 is 5.32 Å². The summed E-state index contributed by atoms with van der Waals surface area (Å²) in [5.41, 5.74) is 0. The second-order valence-electron chi connectivity index (χ2n) is 4.51. The van der Waals surface area contributed by atoms with Gasteiger partial charge in [0.2, 0.25) is 0 Å². The third-order valence-corrected chi connectivity index (χ3v) is 4.63. The van der Waals surface area contributed by atoms with Crippen molar-refractivity contribution in [2.24, 2.45) is 5.92 Å². The van der Waals surface area contributed by atoms with E-state index in [2.05, 4.69) is 22.0 Å². The highest BCUT2D eigenvalue weighted by atomic mass is 35.5. The number of methoxy groups -OCH3 is 1. The van der Waals surface area contributed by atoms with E-state index < -0.39 is 5.97 Å². The van der Waals surface area contributed by atoms with Gasteiger partial charge in [-0.05, 0) is 25.7 Å². The van der Waals surface area contributed by atoms with Crippen LogP contribution in [0.1, 0.15) is 29.4 Å². The van der Waals surface area contributed by atoms with E-state index in [1.807, 2.05) is 0 Å². The average Bonchev–Trinajstić information content (AvgIpc) is 2.79. The van der Waals surface area contributed by atoms with Crippen molar-refractivity contribution in [3.8, 4) is 0 Å². The van der Waals surface area contributed by atoms with E-state index in [1.54, 1.807) is 0 Å². The molecule has 7 heteroatoms. The van der Waals surface area contributed by atoms with E-state index in [9.17, 15) is 4.79 Å². The minimum atomic E-state index is -0.450. The molecule has 1 aromatic rings. The third kappa shape index (κ3) is 3.58. The number of nitrogens with one attached hydrogen (secondary N) is 1. The molecule has 0 saturated carbocycles. The fourth-order valence-electron chi connectivity index (χ4n) is 2.11. The molecule has 1 aliphatic heterocycles. The summed E-state index contributed by atoms with van der Waals surface area (Å²) in [6, 6.07) is 0.275. The number of anilines is 1. The standard InChI is InChI=1S/C12H17ClN2O3S/c1-7(8-3-5-18-6-4-8)14-12-15-10(13)9(19-12)11(16)17-2/h7-8H,3-6H2,1-2H3,(H,14,15). The zero-order valence-electron chi connectivity index (χ0n) is 10.9. The molecule has 0 spiro atoms.